The van der Waals surface area contributed by atoms with Crippen molar-refractivity contribution in [3.8, 4) is 0 Å². The molecule has 0 bridgehead atoms. The summed E-state index contributed by atoms with van der Waals surface area (Å²) in [5.41, 5.74) is 0. The molecule has 0 nitrogen and oxygen atoms in total. The summed E-state index contributed by atoms with van der Waals surface area (Å²) >= 11 is 0. The second-order valence-corrected chi connectivity index (χ2v) is 0.816. The maximum absolute atomic E-state index is 2.12. The van der Waals surface area contributed by atoms with E-state index in [9.17, 15) is 0 Å². The van der Waals surface area contributed by atoms with Crippen molar-refractivity contribution in [2.45, 2.75) is 27.7 Å². The molecule has 0 unspecified atom stereocenters. The molecule has 0 aliphatic heterocycles. The molecule has 6 heavy (non-hydrogen) atoms. The fraction of sp³-hybridized carbons (Fsp3) is 0.800. The van der Waals surface area contributed by atoms with Crippen molar-refractivity contribution in [3.63, 3.8) is 0 Å². The summed E-state index contributed by atoms with van der Waals surface area (Å²) < 4.78 is 0. The van der Waals surface area contributed by atoms with Crippen LogP contribution >= 0.6 is 0 Å². The van der Waals surface area contributed by atoms with Crippen LogP contribution in [0.15, 0.2) is 0 Å². The molecule has 0 fully saturated rings. The summed E-state index contributed by atoms with van der Waals surface area (Å²) in [7, 11) is 0. The van der Waals surface area contributed by atoms with Gasteiger partial charge in [-0.3, -0.25) is 0 Å². The molecule has 0 atom stereocenters. The fourth-order valence-corrected chi connectivity index (χ4v) is 0. The van der Waals surface area contributed by atoms with Crippen LogP contribution in [0, 0.1) is 6.42 Å². The van der Waals surface area contributed by atoms with Gasteiger partial charge in [0.2, 0.25) is 0 Å². The van der Waals surface area contributed by atoms with E-state index in [0.29, 0.717) is 0 Å². The van der Waals surface area contributed by atoms with E-state index in [4.69, 9.17) is 0 Å². The van der Waals surface area contributed by atoms with Crippen LogP contribution in [0.5, 0.6) is 0 Å². The smallest absolute Gasteiger partial charge is 0 e. The molecule has 0 amide bonds. The van der Waals surface area contributed by atoms with Crippen LogP contribution in [0.1, 0.15) is 27.7 Å². The summed E-state index contributed by atoms with van der Waals surface area (Å²) in [6.07, 6.45) is 3.32. The SMILES string of the molecule is C.C[CH-]CC.[Re]. The van der Waals surface area contributed by atoms with Gasteiger partial charge >= 0.3 is 0 Å². The number of hydrogen-bond acceptors (Lipinski definition) is 0. The molecule has 0 aromatic rings. The van der Waals surface area contributed by atoms with Crippen LogP contribution < -0.4 is 0 Å². The molecular weight excluding hydrogens is 246 g/mol. The molecule has 0 N–H and O–H groups in total. The van der Waals surface area contributed by atoms with Gasteiger partial charge in [0.05, 0.1) is 0 Å². The van der Waals surface area contributed by atoms with Gasteiger partial charge in [0.25, 0.3) is 0 Å². The third kappa shape index (κ3) is 22.6. The first-order valence-corrected chi connectivity index (χ1v) is 1.69. The van der Waals surface area contributed by atoms with Gasteiger partial charge in [-0.25, -0.2) is 0 Å². The van der Waals surface area contributed by atoms with Crippen molar-refractivity contribution in [3.05, 3.63) is 6.42 Å². The van der Waals surface area contributed by atoms with Crippen molar-refractivity contribution in [1.82, 2.24) is 0 Å². The number of unbranched alkanes of at least 4 members (excludes halogenated alkanes) is 1. The molecule has 1 radical (unpaired) electrons. The molecule has 0 heterocycles. The molecule has 1 heteroatoms. The second-order valence-electron chi connectivity index (χ2n) is 0.816. The maximum Gasteiger partial charge on any atom is 0 e. The Labute approximate surface area is 55.0 Å². The summed E-state index contributed by atoms with van der Waals surface area (Å²) in [6.45, 7) is 4.18. The first-order chi connectivity index (χ1) is 1.91. The van der Waals surface area contributed by atoms with Crippen LogP contribution in [0.25, 0.3) is 0 Å². The number of rotatable bonds is 1. The maximum atomic E-state index is 2.12. The topological polar surface area (TPSA) is 0 Å². The molecule has 41 valence electrons. The second kappa shape index (κ2) is 17.4. The van der Waals surface area contributed by atoms with Gasteiger partial charge in [-0.05, 0) is 0 Å². The van der Waals surface area contributed by atoms with E-state index in [-0.39, 0.29) is 27.8 Å². The van der Waals surface area contributed by atoms with E-state index < -0.39 is 0 Å². The van der Waals surface area contributed by atoms with Crippen LogP contribution in [0.3, 0.4) is 0 Å². The molecule has 0 saturated carbocycles. The molecule has 0 aromatic heterocycles. The van der Waals surface area contributed by atoms with E-state index in [2.05, 4.69) is 20.3 Å². The Morgan fingerprint density at radius 3 is 1.67 bits per heavy atom. The Kier molecular flexibility index (Phi) is 46.1. The largest absolute Gasteiger partial charge is 0.332 e. The van der Waals surface area contributed by atoms with E-state index in [1.165, 1.54) is 6.42 Å². The van der Waals surface area contributed by atoms with E-state index in [0.717, 1.165) is 0 Å². The van der Waals surface area contributed by atoms with Crippen LogP contribution in [-0.2, 0) is 20.4 Å². The van der Waals surface area contributed by atoms with Crippen LogP contribution in [0.2, 0.25) is 0 Å². The molecule has 0 aromatic carbocycles. The fourth-order valence-electron chi connectivity index (χ4n) is 0. The van der Waals surface area contributed by atoms with Crippen molar-refractivity contribution < 1.29 is 20.4 Å². The van der Waals surface area contributed by atoms with E-state index >= 15 is 0 Å². The predicted molar refractivity (Wildman–Crippen MR) is 27.0 cm³/mol. The van der Waals surface area contributed by atoms with Crippen molar-refractivity contribution in [2.24, 2.45) is 0 Å². The first kappa shape index (κ1) is 15.9. The van der Waals surface area contributed by atoms with Gasteiger partial charge in [0.15, 0.2) is 0 Å². The normalized spacial score (nSPS) is 5.00. The molecule has 0 aliphatic rings. The molecule has 0 saturated heterocycles. The molecule has 0 spiro atoms. The van der Waals surface area contributed by atoms with Gasteiger partial charge in [-0.15, -0.1) is 0 Å². The molecular formula is C5H13Re-. The third-order valence-corrected chi connectivity index (χ3v) is 0.408. The van der Waals surface area contributed by atoms with Gasteiger partial charge in [-0.1, -0.05) is 14.4 Å². The standard InChI is InChI=1S/C4H9.CH4.Re/c1-3-4-2;;/h3H,4H2,1-2H3;1H4;/q-1;;. The summed E-state index contributed by atoms with van der Waals surface area (Å²) in [4.78, 5) is 0. The number of hydrogen-bond donors (Lipinski definition) is 0. The third-order valence-electron chi connectivity index (χ3n) is 0.408. The Hall–Kier alpha value is 0.662. The Balaban J connectivity index is -0.0000000450. The Bertz CT molecular complexity index is 5.90. The van der Waals surface area contributed by atoms with Crippen LogP contribution in [-0.4, -0.2) is 0 Å². The average Bonchev–Trinajstić information content (AvgIpc) is 1.37. The zero-order chi connectivity index (χ0) is 3.41. The van der Waals surface area contributed by atoms with Crippen LogP contribution in [0.4, 0.5) is 0 Å². The monoisotopic (exact) mass is 260 g/mol. The van der Waals surface area contributed by atoms with Crippen molar-refractivity contribution in [2.75, 3.05) is 0 Å². The zero-order valence-corrected chi connectivity index (χ0v) is 6.38. The van der Waals surface area contributed by atoms with Gasteiger partial charge in [-0.2, -0.15) is 13.3 Å². The quantitative estimate of drug-likeness (QED) is 0.634. The van der Waals surface area contributed by atoms with Gasteiger partial charge in [0.1, 0.15) is 0 Å². The van der Waals surface area contributed by atoms with E-state index in [1.54, 1.807) is 0 Å². The van der Waals surface area contributed by atoms with Crippen molar-refractivity contribution in [1.29, 1.82) is 0 Å². The van der Waals surface area contributed by atoms with Crippen molar-refractivity contribution >= 4 is 0 Å². The minimum atomic E-state index is 0. The van der Waals surface area contributed by atoms with E-state index in [1.807, 2.05) is 0 Å². The van der Waals surface area contributed by atoms with Gasteiger partial charge < -0.3 is 6.42 Å². The molecule has 0 aliphatic carbocycles. The predicted octanol–water partition coefficient (Wildman–Crippen LogP) is 2.25. The Morgan fingerprint density at radius 1 is 1.50 bits per heavy atom. The molecule has 0 rings (SSSR count). The minimum absolute atomic E-state index is 0. The summed E-state index contributed by atoms with van der Waals surface area (Å²) in [6, 6.07) is 0. The average molecular weight is 259 g/mol. The first-order valence-electron chi connectivity index (χ1n) is 1.69. The zero-order valence-electron chi connectivity index (χ0n) is 3.66. The minimum Gasteiger partial charge on any atom is -0.332 e. The van der Waals surface area contributed by atoms with Gasteiger partial charge in [0, 0.05) is 20.4 Å². The summed E-state index contributed by atoms with van der Waals surface area (Å²) in [5, 5.41) is 0. The summed E-state index contributed by atoms with van der Waals surface area (Å²) in [5.74, 6) is 0. The Morgan fingerprint density at radius 2 is 1.67 bits per heavy atom.